The Labute approximate surface area is 98.8 Å². The minimum atomic E-state index is 0.221. The molecule has 2 atom stereocenters. The molecular weight excluding hydrogens is 198 g/mol. The van der Waals surface area contributed by atoms with Crippen LogP contribution in [0.15, 0.2) is 24.3 Å². The van der Waals surface area contributed by atoms with Crippen molar-refractivity contribution in [1.29, 1.82) is 0 Å². The standard InChI is InChI=1S/C14H23NO/c1-5-13(14(15)10(2)3)11-6-8-12(16-4)9-7-11/h6-10,13-14H,5,15H2,1-4H3. The summed E-state index contributed by atoms with van der Waals surface area (Å²) in [4.78, 5) is 0. The van der Waals surface area contributed by atoms with Gasteiger partial charge in [0.1, 0.15) is 5.75 Å². The molecular formula is C14H23NO. The number of benzene rings is 1. The molecule has 0 fully saturated rings. The van der Waals surface area contributed by atoms with Gasteiger partial charge in [0.25, 0.3) is 0 Å². The van der Waals surface area contributed by atoms with Gasteiger partial charge in [0, 0.05) is 6.04 Å². The molecule has 0 aliphatic heterocycles. The van der Waals surface area contributed by atoms with E-state index in [9.17, 15) is 0 Å². The second-order valence-electron chi connectivity index (χ2n) is 4.61. The minimum absolute atomic E-state index is 0.221. The number of nitrogens with two attached hydrogens (primary N) is 1. The number of ether oxygens (including phenoxy) is 1. The van der Waals surface area contributed by atoms with Crippen molar-refractivity contribution in [2.24, 2.45) is 11.7 Å². The number of rotatable bonds is 5. The van der Waals surface area contributed by atoms with Crippen LogP contribution in [0.2, 0.25) is 0 Å². The Morgan fingerprint density at radius 3 is 2.12 bits per heavy atom. The summed E-state index contributed by atoms with van der Waals surface area (Å²) in [7, 11) is 1.69. The monoisotopic (exact) mass is 221 g/mol. The zero-order valence-corrected chi connectivity index (χ0v) is 10.7. The highest BCUT2D eigenvalue weighted by atomic mass is 16.5. The van der Waals surface area contributed by atoms with E-state index in [1.807, 2.05) is 12.1 Å². The van der Waals surface area contributed by atoms with Crippen LogP contribution < -0.4 is 10.5 Å². The van der Waals surface area contributed by atoms with Gasteiger partial charge in [-0.15, -0.1) is 0 Å². The fraction of sp³-hybridized carbons (Fsp3) is 0.571. The molecule has 0 heterocycles. The summed E-state index contributed by atoms with van der Waals surface area (Å²) >= 11 is 0. The van der Waals surface area contributed by atoms with Gasteiger partial charge in [-0.2, -0.15) is 0 Å². The molecule has 2 unspecified atom stereocenters. The first-order valence-corrected chi connectivity index (χ1v) is 5.99. The largest absolute Gasteiger partial charge is 0.497 e. The lowest BCUT2D eigenvalue weighted by Gasteiger charge is -2.26. The molecule has 0 spiro atoms. The van der Waals surface area contributed by atoms with Crippen LogP contribution in [-0.4, -0.2) is 13.2 Å². The molecule has 0 bridgehead atoms. The predicted octanol–water partition coefficient (Wildman–Crippen LogP) is 3.17. The van der Waals surface area contributed by atoms with Gasteiger partial charge >= 0.3 is 0 Å². The van der Waals surface area contributed by atoms with E-state index < -0.39 is 0 Å². The fourth-order valence-corrected chi connectivity index (χ4v) is 2.05. The summed E-state index contributed by atoms with van der Waals surface area (Å²) < 4.78 is 5.16. The first-order valence-electron chi connectivity index (χ1n) is 5.99. The van der Waals surface area contributed by atoms with E-state index in [4.69, 9.17) is 10.5 Å². The normalized spacial score (nSPS) is 14.9. The van der Waals surface area contributed by atoms with Gasteiger partial charge < -0.3 is 10.5 Å². The summed E-state index contributed by atoms with van der Waals surface area (Å²) in [6.07, 6.45) is 1.08. The SMILES string of the molecule is CCC(c1ccc(OC)cc1)C(N)C(C)C. The van der Waals surface area contributed by atoms with Crippen molar-refractivity contribution < 1.29 is 4.74 Å². The maximum atomic E-state index is 6.24. The second kappa shape index (κ2) is 5.90. The lowest BCUT2D eigenvalue weighted by Crippen LogP contribution is -2.33. The van der Waals surface area contributed by atoms with Crippen molar-refractivity contribution in [2.75, 3.05) is 7.11 Å². The van der Waals surface area contributed by atoms with Crippen molar-refractivity contribution in [1.82, 2.24) is 0 Å². The van der Waals surface area contributed by atoms with Crippen molar-refractivity contribution in [3.63, 3.8) is 0 Å². The molecule has 1 aromatic carbocycles. The van der Waals surface area contributed by atoms with E-state index in [0.717, 1.165) is 12.2 Å². The number of hydrogen-bond acceptors (Lipinski definition) is 2. The molecule has 90 valence electrons. The smallest absolute Gasteiger partial charge is 0.118 e. The van der Waals surface area contributed by atoms with Gasteiger partial charge in [-0.05, 0) is 36.0 Å². The first-order chi connectivity index (χ1) is 7.60. The molecule has 0 aliphatic rings. The Morgan fingerprint density at radius 1 is 1.19 bits per heavy atom. The molecule has 1 aromatic rings. The quantitative estimate of drug-likeness (QED) is 0.829. The molecule has 0 aromatic heterocycles. The van der Waals surface area contributed by atoms with Gasteiger partial charge in [-0.3, -0.25) is 0 Å². The minimum Gasteiger partial charge on any atom is -0.497 e. The van der Waals surface area contributed by atoms with Crippen LogP contribution in [0.3, 0.4) is 0 Å². The Bertz CT molecular complexity index is 305. The van der Waals surface area contributed by atoms with Crippen LogP contribution in [0.1, 0.15) is 38.7 Å². The molecule has 16 heavy (non-hydrogen) atoms. The highest BCUT2D eigenvalue weighted by Crippen LogP contribution is 2.27. The molecule has 1 rings (SSSR count). The van der Waals surface area contributed by atoms with Gasteiger partial charge in [-0.1, -0.05) is 32.9 Å². The summed E-state index contributed by atoms with van der Waals surface area (Å²) in [6.45, 7) is 6.55. The van der Waals surface area contributed by atoms with Crippen LogP contribution in [0.25, 0.3) is 0 Å². The molecule has 0 aliphatic carbocycles. The van der Waals surface area contributed by atoms with E-state index >= 15 is 0 Å². The number of hydrogen-bond donors (Lipinski definition) is 1. The van der Waals surface area contributed by atoms with Crippen LogP contribution >= 0.6 is 0 Å². The molecule has 2 nitrogen and oxygen atoms in total. The van der Waals surface area contributed by atoms with E-state index in [1.54, 1.807) is 7.11 Å². The van der Waals surface area contributed by atoms with Crippen LogP contribution in [0.5, 0.6) is 5.75 Å². The van der Waals surface area contributed by atoms with E-state index in [2.05, 4.69) is 32.9 Å². The summed E-state index contributed by atoms with van der Waals surface area (Å²) in [5.74, 6) is 1.84. The van der Waals surface area contributed by atoms with Crippen molar-refractivity contribution in [3.8, 4) is 5.75 Å². The van der Waals surface area contributed by atoms with Crippen LogP contribution in [0.4, 0.5) is 0 Å². The first kappa shape index (κ1) is 13.0. The lowest BCUT2D eigenvalue weighted by atomic mass is 9.84. The highest BCUT2D eigenvalue weighted by molar-refractivity contribution is 5.30. The Hall–Kier alpha value is -1.02. The molecule has 0 saturated heterocycles. The maximum absolute atomic E-state index is 6.24. The predicted molar refractivity (Wildman–Crippen MR) is 68.8 cm³/mol. The average Bonchev–Trinajstić information content (AvgIpc) is 2.30. The number of methoxy groups -OCH3 is 1. The molecule has 0 radical (unpaired) electrons. The molecule has 2 heteroatoms. The zero-order valence-electron chi connectivity index (χ0n) is 10.7. The maximum Gasteiger partial charge on any atom is 0.118 e. The summed E-state index contributed by atoms with van der Waals surface area (Å²) in [5.41, 5.74) is 7.55. The van der Waals surface area contributed by atoms with Gasteiger partial charge in [0.2, 0.25) is 0 Å². The Balaban J connectivity index is 2.86. The topological polar surface area (TPSA) is 35.2 Å². The lowest BCUT2D eigenvalue weighted by molar-refractivity contribution is 0.404. The zero-order chi connectivity index (χ0) is 12.1. The highest BCUT2D eigenvalue weighted by Gasteiger charge is 2.20. The fourth-order valence-electron chi connectivity index (χ4n) is 2.05. The van der Waals surface area contributed by atoms with Gasteiger partial charge in [0.15, 0.2) is 0 Å². The van der Waals surface area contributed by atoms with Crippen LogP contribution in [0, 0.1) is 5.92 Å². The van der Waals surface area contributed by atoms with E-state index in [1.165, 1.54) is 5.56 Å². The van der Waals surface area contributed by atoms with Crippen molar-refractivity contribution in [3.05, 3.63) is 29.8 Å². The molecule has 2 N–H and O–H groups in total. The van der Waals surface area contributed by atoms with E-state index in [0.29, 0.717) is 11.8 Å². The van der Waals surface area contributed by atoms with Crippen molar-refractivity contribution >= 4 is 0 Å². The third-order valence-electron chi connectivity index (χ3n) is 3.22. The molecule has 0 saturated carbocycles. The third-order valence-corrected chi connectivity index (χ3v) is 3.22. The average molecular weight is 221 g/mol. The van der Waals surface area contributed by atoms with E-state index in [-0.39, 0.29) is 6.04 Å². The Kier molecular flexibility index (Phi) is 4.81. The second-order valence-corrected chi connectivity index (χ2v) is 4.61. The van der Waals surface area contributed by atoms with Crippen LogP contribution in [-0.2, 0) is 0 Å². The summed E-state index contributed by atoms with van der Waals surface area (Å²) in [5, 5.41) is 0. The Morgan fingerprint density at radius 2 is 1.75 bits per heavy atom. The van der Waals surface area contributed by atoms with Gasteiger partial charge in [0.05, 0.1) is 7.11 Å². The van der Waals surface area contributed by atoms with Crippen molar-refractivity contribution in [2.45, 2.75) is 39.2 Å². The van der Waals surface area contributed by atoms with Gasteiger partial charge in [-0.25, -0.2) is 0 Å². The third kappa shape index (κ3) is 2.99. The molecule has 0 amide bonds. The summed E-state index contributed by atoms with van der Waals surface area (Å²) in [6, 6.07) is 8.47.